The largest absolute Gasteiger partial charge is 0.483 e. The SMILES string of the molecule is CCCNC(=O)C(CC)N(Cc1ccc(Cl)cc1Cl)C(=O)COc1ccccc1C(C)(C)C. The molecule has 1 atom stereocenters. The van der Waals surface area contributed by atoms with Gasteiger partial charge in [0.25, 0.3) is 5.91 Å². The summed E-state index contributed by atoms with van der Waals surface area (Å²) < 4.78 is 5.97. The molecule has 0 spiro atoms. The average Bonchev–Trinajstić information content (AvgIpc) is 2.76. The molecule has 2 aromatic carbocycles. The number of ether oxygens (including phenoxy) is 1. The van der Waals surface area contributed by atoms with E-state index in [1.807, 2.05) is 38.1 Å². The highest BCUT2D eigenvalue weighted by atomic mass is 35.5. The van der Waals surface area contributed by atoms with Gasteiger partial charge in [-0.2, -0.15) is 0 Å². The minimum absolute atomic E-state index is 0.137. The van der Waals surface area contributed by atoms with Gasteiger partial charge in [-0.15, -0.1) is 0 Å². The molecule has 0 heterocycles. The Bertz CT molecular complexity index is 957. The van der Waals surface area contributed by atoms with Gasteiger partial charge in [0, 0.05) is 23.1 Å². The predicted molar refractivity (Wildman–Crippen MR) is 135 cm³/mol. The van der Waals surface area contributed by atoms with Crippen molar-refractivity contribution in [2.24, 2.45) is 0 Å². The van der Waals surface area contributed by atoms with Crippen LogP contribution in [0.1, 0.15) is 58.6 Å². The lowest BCUT2D eigenvalue weighted by atomic mass is 9.86. The number of halogens is 2. The number of benzene rings is 2. The van der Waals surface area contributed by atoms with Gasteiger partial charge in [-0.3, -0.25) is 9.59 Å². The molecule has 0 saturated carbocycles. The highest BCUT2D eigenvalue weighted by Crippen LogP contribution is 2.31. The maximum absolute atomic E-state index is 13.4. The standard InChI is InChI=1S/C26H34Cl2N2O3/c1-6-14-29-25(32)22(7-2)30(16-18-12-13-19(27)15-21(18)28)24(31)17-33-23-11-9-8-10-20(23)26(3,4)5/h8-13,15,22H,6-7,14,16-17H2,1-5H3,(H,29,32). The lowest BCUT2D eigenvalue weighted by Crippen LogP contribution is -2.50. The van der Waals surface area contributed by atoms with Gasteiger partial charge in [0.15, 0.2) is 6.61 Å². The van der Waals surface area contributed by atoms with E-state index in [2.05, 4.69) is 26.1 Å². The maximum atomic E-state index is 13.4. The third kappa shape index (κ3) is 7.65. The Labute approximate surface area is 207 Å². The van der Waals surface area contributed by atoms with Crippen LogP contribution in [0.15, 0.2) is 42.5 Å². The molecule has 0 saturated heterocycles. The van der Waals surface area contributed by atoms with Crippen LogP contribution >= 0.6 is 23.2 Å². The van der Waals surface area contributed by atoms with Gasteiger partial charge in [-0.25, -0.2) is 0 Å². The summed E-state index contributed by atoms with van der Waals surface area (Å²) in [6.45, 7) is 10.7. The van der Waals surface area contributed by atoms with Crippen LogP contribution in [0.4, 0.5) is 0 Å². The van der Waals surface area contributed by atoms with Crippen molar-refractivity contribution in [3.8, 4) is 5.75 Å². The van der Waals surface area contributed by atoms with Crippen molar-refractivity contribution < 1.29 is 14.3 Å². The third-order valence-corrected chi connectivity index (χ3v) is 5.92. The van der Waals surface area contributed by atoms with Crippen LogP contribution in [-0.2, 0) is 21.5 Å². The van der Waals surface area contributed by atoms with Gasteiger partial charge in [-0.05, 0) is 47.6 Å². The monoisotopic (exact) mass is 492 g/mol. The van der Waals surface area contributed by atoms with E-state index in [0.29, 0.717) is 34.3 Å². The molecule has 0 bridgehead atoms. The minimum atomic E-state index is -0.641. The summed E-state index contributed by atoms with van der Waals surface area (Å²) in [6, 6.07) is 12.2. The number of para-hydroxylation sites is 1. The molecule has 180 valence electrons. The van der Waals surface area contributed by atoms with Gasteiger partial charge in [-0.1, -0.05) is 82.1 Å². The normalized spacial score (nSPS) is 12.2. The van der Waals surface area contributed by atoms with Crippen molar-refractivity contribution in [1.82, 2.24) is 10.2 Å². The first-order chi connectivity index (χ1) is 15.6. The van der Waals surface area contributed by atoms with Crippen molar-refractivity contribution in [2.45, 2.75) is 65.5 Å². The van der Waals surface area contributed by atoms with Gasteiger partial charge in [0.2, 0.25) is 5.91 Å². The molecule has 2 rings (SSSR count). The summed E-state index contributed by atoms with van der Waals surface area (Å²) in [6.07, 6.45) is 1.27. The van der Waals surface area contributed by atoms with Crippen molar-refractivity contribution in [1.29, 1.82) is 0 Å². The van der Waals surface area contributed by atoms with E-state index >= 15 is 0 Å². The zero-order valence-electron chi connectivity index (χ0n) is 20.1. The van der Waals surface area contributed by atoms with Crippen molar-refractivity contribution in [3.63, 3.8) is 0 Å². The Morgan fingerprint density at radius 1 is 1.09 bits per heavy atom. The van der Waals surface area contributed by atoms with Gasteiger partial charge in [0.05, 0.1) is 0 Å². The fourth-order valence-electron chi connectivity index (χ4n) is 3.55. The Balaban J connectivity index is 2.30. The van der Waals surface area contributed by atoms with E-state index in [0.717, 1.165) is 12.0 Å². The van der Waals surface area contributed by atoms with Crippen molar-refractivity contribution in [2.75, 3.05) is 13.2 Å². The van der Waals surface area contributed by atoms with Crippen LogP contribution in [0, 0.1) is 0 Å². The smallest absolute Gasteiger partial charge is 0.261 e. The molecule has 0 aliphatic rings. The van der Waals surface area contributed by atoms with Crippen LogP contribution < -0.4 is 10.1 Å². The second-order valence-electron chi connectivity index (χ2n) is 9.01. The molecule has 1 unspecified atom stereocenters. The lowest BCUT2D eigenvalue weighted by molar-refractivity contribution is -0.143. The van der Waals surface area contributed by atoms with Gasteiger partial charge >= 0.3 is 0 Å². The van der Waals surface area contributed by atoms with E-state index in [9.17, 15) is 9.59 Å². The fraction of sp³-hybridized carbons (Fsp3) is 0.462. The summed E-state index contributed by atoms with van der Waals surface area (Å²) in [5.41, 5.74) is 1.59. The Kier molecular flexibility index (Phi) is 10.1. The third-order valence-electron chi connectivity index (χ3n) is 5.34. The van der Waals surface area contributed by atoms with Crippen molar-refractivity contribution >= 4 is 35.0 Å². The Morgan fingerprint density at radius 3 is 2.39 bits per heavy atom. The summed E-state index contributed by atoms with van der Waals surface area (Å²) in [5, 5.41) is 3.86. The molecule has 0 radical (unpaired) electrons. The van der Waals surface area contributed by atoms with E-state index < -0.39 is 6.04 Å². The summed E-state index contributed by atoms with van der Waals surface area (Å²) >= 11 is 12.4. The van der Waals surface area contributed by atoms with Crippen LogP contribution in [0.25, 0.3) is 0 Å². The molecule has 7 heteroatoms. The van der Waals surface area contributed by atoms with Crippen molar-refractivity contribution in [3.05, 3.63) is 63.6 Å². The van der Waals surface area contributed by atoms with E-state index in [1.165, 1.54) is 0 Å². The molecule has 33 heavy (non-hydrogen) atoms. The fourth-order valence-corrected chi connectivity index (χ4v) is 4.02. The number of carbonyl (C=O) groups excluding carboxylic acids is 2. The minimum Gasteiger partial charge on any atom is -0.483 e. The lowest BCUT2D eigenvalue weighted by Gasteiger charge is -2.31. The van der Waals surface area contributed by atoms with E-state index in [1.54, 1.807) is 23.1 Å². The Morgan fingerprint density at radius 2 is 1.79 bits per heavy atom. The number of amides is 2. The molecule has 0 aromatic heterocycles. The molecule has 1 N–H and O–H groups in total. The molecular formula is C26H34Cl2N2O3. The number of carbonyl (C=O) groups is 2. The molecule has 0 aliphatic heterocycles. The molecular weight excluding hydrogens is 459 g/mol. The number of hydrogen-bond donors (Lipinski definition) is 1. The van der Waals surface area contributed by atoms with Crippen LogP contribution in [-0.4, -0.2) is 35.9 Å². The number of nitrogens with zero attached hydrogens (tertiary/aromatic N) is 1. The number of rotatable bonds is 10. The van der Waals surface area contributed by atoms with Crippen LogP contribution in [0.2, 0.25) is 10.0 Å². The first-order valence-corrected chi connectivity index (χ1v) is 12.1. The average molecular weight is 493 g/mol. The topological polar surface area (TPSA) is 58.6 Å². The van der Waals surface area contributed by atoms with E-state index in [4.69, 9.17) is 27.9 Å². The van der Waals surface area contributed by atoms with Gasteiger partial charge < -0.3 is 15.0 Å². The first kappa shape index (κ1) is 27.0. The molecule has 0 aliphatic carbocycles. The zero-order chi connectivity index (χ0) is 24.6. The number of hydrogen-bond acceptors (Lipinski definition) is 3. The predicted octanol–water partition coefficient (Wildman–Crippen LogP) is 6.00. The van der Waals surface area contributed by atoms with E-state index in [-0.39, 0.29) is 30.4 Å². The highest BCUT2D eigenvalue weighted by Gasteiger charge is 2.29. The number of nitrogens with one attached hydrogen (secondary N) is 1. The molecule has 2 aromatic rings. The Hall–Kier alpha value is -2.24. The summed E-state index contributed by atoms with van der Waals surface area (Å²) in [4.78, 5) is 27.8. The second kappa shape index (κ2) is 12.3. The molecule has 0 fully saturated rings. The quantitative estimate of drug-likeness (QED) is 0.442. The van der Waals surface area contributed by atoms with Gasteiger partial charge in [0.1, 0.15) is 11.8 Å². The van der Waals surface area contributed by atoms with Crippen LogP contribution in [0.3, 0.4) is 0 Å². The highest BCUT2D eigenvalue weighted by molar-refractivity contribution is 6.35. The maximum Gasteiger partial charge on any atom is 0.261 e. The molecule has 5 nitrogen and oxygen atoms in total. The summed E-state index contributed by atoms with van der Waals surface area (Å²) in [7, 11) is 0. The first-order valence-electron chi connectivity index (χ1n) is 11.3. The second-order valence-corrected chi connectivity index (χ2v) is 9.85. The van der Waals surface area contributed by atoms with Crippen LogP contribution in [0.5, 0.6) is 5.75 Å². The molecule has 2 amide bonds. The zero-order valence-corrected chi connectivity index (χ0v) is 21.6. The summed E-state index contributed by atoms with van der Waals surface area (Å²) in [5.74, 6) is 0.183.